The van der Waals surface area contributed by atoms with Crippen LogP contribution in [-0.4, -0.2) is 35.7 Å². The summed E-state index contributed by atoms with van der Waals surface area (Å²) >= 11 is 3.52. The van der Waals surface area contributed by atoms with Crippen LogP contribution in [0.15, 0.2) is 22.7 Å². The zero-order valence-electron chi connectivity index (χ0n) is 11.8. The van der Waals surface area contributed by atoms with Gasteiger partial charge in [-0.2, -0.15) is 4.98 Å². The molecule has 0 N–H and O–H groups in total. The molecule has 0 radical (unpaired) electrons. The van der Waals surface area contributed by atoms with Gasteiger partial charge in [0.05, 0.1) is 12.6 Å². The van der Waals surface area contributed by atoms with Crippen molar-refractivity contribution >= 4 is 43.8 Å². The largest absolute Gasteiger partial charge is 0.479 e. The van der Waals surface area contributed by atoms with Crippen molar-refractivity contribution < 1.29 is 4.74 Å². The molecule has 0 atom stereocenters. The number of aryl methyl sites for hydroxylation is 1. The Kier molecular flexibility index (Phi) is 3.05. The Morgan fingerprint density at radius 1 is 1.25 bits per heavy atom. The topological polar surface area (TPSA) is 43.2 Å². The quantitative estimate of drug-likeness (QED) is 0.722. The third-order valence-corrected chi connectivity index (χ3v) is 3.84. The first kappa shape index (κ1) is 13.2. The number of rotatable bonds is 2. The summed E-state index contributed by atoms with van der Waals surface area (Å²) in [6.07, 6.45) is 0. The molecule has 0 fully saturated rings. The normalized spacial score (nSPS) is 11.2. The second-order valence-electron chi connectivity index (χ2n) is 4.85. The lowest BCUT2D eigenvalue weighted by atomic mass is 10.2. The van der Waals surface area contributed by atoms with Crippen molar-refractivity contribution in [3.05, 3.63) is 22.7 Å². The van der Waals surface area contributed by atoms with Crippen molar-refractivity contribution in [2.45, 2.75) is 0 Å². The van der Waals surface area contributed by atoms with Gasteiger partial charge in [-0.3, -0.25) is 0 Å². The molecular formula is C14H15BrN4O. The Balaban J connectivity index is 2.52. The zero-order chi connectivity index (χ0) is 14.4. The summed E-state index contributed by atoms with van der Waals surface area (Å²) in [5, 5.41) is 1.08. The highest BCUT2D eigenvalue weighted by molar-refractivity contribution is 9.10. The second kappa shape index (κ2) is 4.63. The van der Waals surface area contributed by atoms with Crippen molar-refractivity contribution in [3.8, 4) is 5.88 Å². The maximum atomic E-state index is 5.45. The number of benzene rings is 1. The third-order valence-electron chi connectivity index (χ3n) is 3.34. The fourth-order valence-corrected chi connectivity index (χ4v) is 2.73. The van der Waals surface area contributed by atoms with E-state index in [1.807, 2.05) is 32.1 Å². The second-order valence-corrected chi connectivity index (χ2v) is 5.76. The van der Waals surface area contributed by atoms with Gasteiger partial charge in [0.15, 0.2) is 0 Å². The van der Waals surface area contributed by atoms with Crippen LogP contribution in [0, 0.1) is 0 Å². The standard InChI is InChI=1S/C14H15BrN4O/c1-18(2)14-16-11-9-7-8(15)5-6-10(9)19(3)12(11)13(17-14)20-4/h5-7H,1-4H3. The van der Waals surface area contributed by atoms with Gasteiger partial charge < -0.3 is 14.2 Å². The van der Waals surface area contributed by atoms with Crippen LogP contribution in [0.3, 0.4) is 0 Å². The van der Waals surface area contributed by atoms with Gasteiger partial charge in [0.25, 0.3) is 0 Å². The van der Waals surface area contributed by atoms with E-state index in [1.165, 1.54) is 0 Å². The Hall–Kier alpha value is -1.82. The summed E-state index contributed by atoms with van der Waals surface area (Å²) < 4.78 is 8.54. The number of hydrogen-bond acceptors (Lipinski definition) is 4. The average molecular weight is 335 g/mol. The van der Waals surface area contributed by atoms with Crippen LogP contribution >= 0.6 is 15.9 Å². The number of fused-ring (bicyclic) bond motifs is 3. The van der Waals surface area contributed by atoms with Gasteiger partial charge in [-0.05, 0) is 18.2 Å². The van der Waals surface area contributed by atoms with Crippen molar-refractivity contribution in [1.82, 2.24) is 14.5 Å². The Morgan fingerprint density at radius 3 is 2.65 bits per heavy atom. The van der Waals surface area contributed by atoms with E-state index in [1.54, 1.807) is 7.11 Å². The Labute approximate surface area is 125 Å². The van der Waals surface area contributed by atoms with E-state index < -0.39 is 0 Å². The van der Waals surface area contributed by atoms with Gasteiger partial charge in [0.1, 0.15) is 11.0 Å². The number of methoxy groups -OCH3 is 1. The van der Waals surface area contributed by atoms with Crippen LogP contribution in [0.4, 0.5) is 5.95 Å². The van der Waals surface area contributed by atoms with Gasteiger partial charge in [-0.25, -0.2) is 4.98 Å². The first-order chi connectivity index (χ1) is 9.52. The highest BCUT2D eigenvalue weighted by atomic mass is 79.9. The molecule has 0 aliphatic rings. The van der Waals surface area contributed by atoms with Crippen molar-refractivity contribution in [2.24, 2.45) is 7.05 Å². The molecule has 5 nitrogen and oxygen atoms in total. The first-order valence-corrected chi connectivity index (χ1v) is 6.99. The van der Waals surface area contributed by atoms with Gasteiger partial charge in [-0.1, -0.05) is 15.9 Å². The van der Waals surface area contributed by atoms with E-state index in [0.717, 1.165) is 26.4 Å². The third kappa shape index (κ3) is 1.83. The van der Waals surface area contributed by atoms with Crippen LogP contribution in [0.1, 0.15) is 0 Å². The molecule has 6 heteroatoms. The summed E-state index contributed by atoms with van der Waals surface area (Å²) in [4.78, 5) is 11.0. The summed E-state index contributed by atoms with van der Waals surface area (Å²) in [5.41, 5.74) is 2.91. The van der Waals surface area contributed by atoms with E-state index in [-0.39, 0.29) is 0 Å². The molecule has 2 heterocycles. The molecule has 0 unspecified atom stereocenters. The summed E-state index contributed by atoms with van der Waals surface area (Å²) in [6, 6.07) is 6.16. The molecule has 0 aliphatic carbocycles. The van der Waals surface area contributed by atoms with E-state index in [0.29, 0.717) is 11.8 Å². The monoisotopic (exact) mass is 334 g/mol. The van der Waals surface area contributed by atoms with Crippen LogP contribution in [0.25, 0.3) is 21.9 Å². The molecular weight excluding hydrogens is 320 g/mol. The molecule has 104 valence electrons. The summed E-state index contributed by atoms with van der Waals surface area (Å²) in [5.74, 6) is 1.23. The molecule has 0 saturated carbocycles. The van der Waals surface area contributed by atoms with Crippen molar-refractivity contribution in [1.29, 1.82) is 0 Å². The minimum absolute atomic E-state index is 0.591. The van der Waals surface area contributed by atoms with Crippen LogP contribution in [-0.2, 0) is 7.05 Å². The molecule has 0 bridgehead atoms. The van der Waals surface area contributed by atoms with Crippen molar-refractivity contribution in [3.63, 3.8) is 0 Å². The fraction of sp³-hybridized carbons (Fsp3) is 0.286. The molecule has 2 aromatic heterocycles. The lowest BCUT2D eigenvalue weighted by Crippen LogP contribution is -2.13. The summed E-state index contributed by atoms with van der Waals surface area (Å²) in [7, 11) is 7.47. The Bertz CT molecular complexity index is 810. The molecule has 20 heavy (non-hydrogen) atoms. The van der Waals surface area contributed by atoms with Crippen LogP contribution < -0.4 is 9.64 Å². The SMILES string of the molecule is COc1nc(N(C)C)nc2c3cc(Br)ccc3n(C)c12. The smallest absolute Gasteiger partial charge is 0.243 e. The van der Waals surface area contributed by atoms with Gasteiger partial charge >= 0.3 is 0 Å². The molecule has 0 spiro atoms. The van der Waals surface area contributed by atoms with Gasteiger partial charge in [-0.15, -0.1) is 0 Å². The van der Waals surface area contributed by atoms with Gasteiger partial charge in [0.2, 0.25) is 11.8 Å². The lowest BCUT2D eigenvalue weighted by molar-refractivity contribution is 0.401. The number of ether oxygens (including phenoxy) is 1. The molecule has 1 aromatic carbocycles. The maximum absolute atomic E-state index is 5.45. The fourth-order valence-electron chi connectivity index (χ4n) is 2.37. The maximum Gasteiger partial charge on any atom is 0.243 e. The summed E-state index contributed by atoms with van der Waals surface area (Å²) in [6.45, 7) is 0. The van der Waals surface area contributed by atoms with Crippen molar-refractivity contribution in [2.75, 3.05) is 26.1 Å². The van der Waals surface area contributed by atoms with E-state index in [9.17, 15) is 0 Å². The molecule has 0 aliphatic heterocycles. The average Bonchev–Trinajstić information content (AvgIpc) is 2.71. The number of aromatic nitrogens is 3. The first-order valence-electron chi connectivity index (χ1n) is 6.20. The predicted molar refractivity (Wildman–Crippen MR) is 84.6 cm³/mol. The highest BCUT2D eigenvalue weighted by Crippen LogP contribution is 2.34. The van der Waals surface area contributed by atoms with Crippen LogP contribution in [0.5, 0.6) is 5.88 Å². The molecule has 3 aromatic rings. The zero-order valence-corrected chi connectivity index (χ0v) is 13.4. The predicted octanol–water partition coefficient (Wildman–Crippen LogP) is 2.96. The number of nitrogens with zero attached hydrogens (tertiary/aromatic N) is 4. The number of halogens is 1. The van der Waals surface area contributed by atoms with Crippen LogP contribution in [0.2, 0.25) is 0 Å². The molecule has 3 rings (SSSR count). The minimum atomic E-state index is 0.591. The minimum Gasteiger partial charge on any atom is -0.479 e. The molecule has 0 saturated heterocycles. The lowest BCUT2D eigenvalue weighted by Gasteiger charge is -2.12. The van der Waals surface area contributed by atoms with E-state index in [4.69, 9.17) is 4.74 Å². The number of anilines is 1. The number of hydrogen-bond donors (Lipinski definition) is 0. The van der Waals surface area contributed by atoms with E-state index in [2.05, 4.69) is 42.6 Å². The highest BCUT2D eigenvalue weighted by Gasteiger charge is 2.17. The molecule has 0 amide bonds. The Morgan fingerprint density at radius 2 is 2.00 bits per heavy atom. The van der Waals surface area contributed by atoms with E-state index >= 15 is 0 Å². The van der Waals surface area contributed by atoms with Gasteiger partial charge in [0, 0.05) is 31.0 Å².